The smallest absolute Gasteiger partial charge is 0.331 e. The average Bonchev–Trinajstić information content (AvgIpc) is 3.27. The number of rotatable bonds is 9. The van der Waals surface area contributed by atoms with Crippen LogP contribution in [-0.4, -0.2) is 51.0 Å². The molecule has 0 saturated carbocycles. The number of hydrogen-bond donors (Lipinski definition) is 3. The maximum atomic E-state index is 5.71. The summed E-state index contributed by atoms with van der Waals surface area (Å²) in [5.41, 5.74) is 0. The van der Waals surface area contributed by atoms with Crippen LogP contribution in [0.1, 0.15) is 83.1 Å². The quantitative estimate of drug-likeness (QED) is 0.121. The molecule has 0 aliphatic heterocycles. The monoisotopic (exact) mass is 959 g/mol. The fourth-order valence-corrected chi connectivity index (χ4v) is 2.95. The van der Waals surface area contributed by atoms with Crippen molar-refractivity contribution in [2.45, 2.75) is 83.1 Å². The maximum Gasteiger partial charge on any atom is 0.331 e. The van der Waals surface area contributed by atoms with Crippen LogP contribution in [-0.2, 0) is 0 Å². The van der Waals surface area contributed by atoms with Gasteiger partial charge in [0.1, 0.15) is 17.2 Å². The van der Waals surface area contributed by atoms with E-state index < -0.39 is 0 Å². The van der Waals surface area contributed by atoms with E-state index in [1.54, 1.807) is 57.5 Å². The number of hydrogen-bond acceptors (Lipinski definition) is 12. The van der Waals surface area contributed by atoms with Crippen LogP contribution in [0.4, 0.5) is 17.8 Å². The second kappa shape index (κ2) is 42.4. The summed E-state index contributed by atoms with van der Waals surface area (Å²) in [7, 11) is 5.27. The first-order valence-corrected chi connectivity index (χ1v) is 24.3. The molecule has 0 atom stereocenters. The van der Waals surface area contributed by atoms with Crippen LogP contribution in [0, 0.1) is 0 Å². The first kappa shape index (κ1) is 55.7. The van der Waals surface area contributed by atoms with Gasteiger partial charge in [-0.05, 0) is 36.4 Å². The topological polar surface area (TPSA) is 141 Å². The van der Waals surface area contributed by atoms with Gasteiger partial charge in [-0.25, -0.2) is 0 Å². The van der Waals surface area contributed by atoms with Gasteiger partial charge in [0.15, 0.2) is 0 Å². The summed E-state index contributed by atoms with van der Waals surface area (Å²) in [6.45, 7) is 24.0. The summed E-state index contributed by atoms with van der Waals surface area (Å²) >= 11 is 4.24. The second-order valence-corrected chi connectivity index (χ2v) is 7.48. The molecule has 0 radical (unpaired) electrons. The van der Waals surface area contributed by atoms with E-state index in [9.17, 15) is 0 Å². The fourth-order valence-electron chi connectivity index (χ4n) is 2.95. The molecule has 12 nitrogen and oxygen atoms in total. The van der Waals surface area contributed by atoms with E-state index in [4.69, 9.17) is 14.2 Å². The molecule has 0 spiro atoms. The highest BCUT2D eigenvalue weighted by Gasteiger charge is 2.12. The predicted molar refractivity (Wildman–Crippen MR) is 244 cm³/mol. The van der Waals surface area contributed by atoms with Crippen LogP contribution in [0.2, 0.25) is 0 Å². The fraction of sp³-hybridized carbons (Fsp3) is 0.385. The Bertz CT molecular complexity index is 1260. The molecule has 0 saturated heterocycles. The zero-order valence-corrected chi connectivity index (χ0v) is 38.6. The first-order chi connectivity index (χ1) is 26.1. The highest BCUT2D eigenvalue weighted by molar-refractivity contribution is 15.0. The molecule has 3 N–H and O–H groups in total. The lowest BCUT2D eigenvalue weighted by Crippen LogP contribution is -2.06. The van der Waals surface area contributed by atoms with Gasteiger partial charge in [-0.2, -0.15) is 15.0 Å². The van der Waals surface area contributed by atoms with Gasteiger partial charge >= 0.3 is 18.0 Å². The van der Waals surface area contributed by atoms with Crippen molar-refractivity contribution in [3.05, 3.63) is 91.0 Å². The van der Waals surface area contributed by atoms with Crippen molar-refractivity contribution >= 4 is 55.1 Å². The van der Waals surface area contributed by atoms with E-state index in [-0.39, 0.29) is 18.0 Å². The van der Waals surface area contributed by atoms with Gasteiger partial charge in [0.05, 0.1) is 0 Å². The van der Waals surface area contributed by atoms with E-state index in [0.717, 1.165) is 0 Å². The minimum absolute atomic E-state index is 0.0769. The molecule has 53 heavy (non-hydrogen) atoms. The van der Waals surface area contributed by atoms with Crippen molar-refractivity contribution in [1.82, 2.24) is 29.9 Å². The molecule has 14 heteroatoms. The molecule has 296 valence electrons. The Balaban J connectivity index is -0.000000388. The average molecular weight is 960 g/mol. The summed E-state index contributed by atoms with van der Waals surface area (Å²) in [4.78, 5) is 24.8. The second-order valence-electron chi connectivity index (χ2n) is 7.48. The van der Waals surface area contributed by atoms with E-state index in [0.29, 0.717) is 35.1 Å². The van der Waals surface area contributed by atoms with Crippen molar-refractivity contribution in [3.8, 4) is 35.3 Å². The lowest BCUT2D eigenvalue weighted by molar-refractivity contribution is 0.362. The number of anilines is 3. The predicted octanol–water partition coefficient (Wildman–Crippen LogP) is 13.2. The number of benzene rings is 3. The zero-order valence-electron chi connectivity index (χ0n) is 34.3. The Kier molecular flexibility index (Phi) is 44.5. The molecule has 0 aliphatic carbocycles. The van der Waals surface area contributed by atoms with Crippen LogP contribution >= 0.6 is 37.2 Å². The molecule has 2 heterocycles. The van der Waals surface area contributed by atoms with E-state index in [2.05, 4.69) is 83.1 Å². The summed E-state index contributed by atoms with van der Waals surface area (Å²) in [6.07, 6.45) is 0. The van der Waals surface area contributed by atoms with E-state index >= 15 is 0 Å². The van der Waals surface area contributed by atoms with E-state index in [1.165, 1.54) is 0 Å². The number of nitrogens with zero attached hydrogens (tertiary/aromatic N) is 6. The third-order valence-electron chi connectivity index (χ3n) is 4.74. The summed E-state index contributed by atoms with van der Waals surface area (Å²) in [5, 5.41) is 8.50. The van der Waals surface area contributed by atoms with Gasteiger partial charge in [-0.1, -0.05) is 138 Å². The molecule has 0 amide bonds. The van der Waals surface area contributed by atoms with Crippen molar-refractivity contribution in [3.63, 3.8) is 0 Å². The Morgan fingerprint density at radius 2 is 0.528 bits per heavy atom. The summed E-state index contributed by atoms with van der Waals surface area (Å²) in [5.74, 6) is 3.41. The number of aromatic nitrogens is 6. The Hall–Kier alpha value is -4.06. The molecule has 0 unspecified atom stereocenters. The van der Waals surface area contributed by atoms with Gasteiger partial charge in [0.2, 0.25) is 17.8 Å². The highest BCUT2D eigenvalue weighted by Crippen LogP contribution is 2.26. The molecule has 0 fully saturated rings. The lowest BCUT2D eigenvalue weighted by atomic mass is 10.3. The molecule has 3 aromatic carbocycles. The van der Waals surface area contributed by atoms with Crippen molar-refractivity contribution < 1.29 is 14.2 Å². The number of ether oxygens (including phenoxy) is 3. The zero-order chi connectivity index (χ0) is 41.3. The maximum absolute atomic E-state index is 5.71. The van der Waals surface area contributed by atoms with Gasteiger partial charge in [0.25, 0.3) is 0 Å². The Morgan fingerprint density at radius 3 is 0.698 bits per heavy atom. The third-order valence-corrected chi connectivity index (χ3v) is 4.74. The van der Waals surface area contributed by atoms with Crippen LogP contribution in [0.5, 0.6) is 35.3 Å². The lowest BCUT2D eigenvalue weighted by Gasteiger charge is -2.09. The van der Waals surface area contributed by atoms with Crippen molar-refractivity contribution in [2.75, 3.05) is 37.1 Å². The molecular weight excluding hydrogens is 896 g/mol. The third kappa shape index (κ3) is 26.4. The van der Waals surface area contributed by atoms with Crippen LogP contribution in [0.25, 0.3) is 0 Å². The minimum Gasteiger partial charge on any atom is -0.424 e. The van der Waals surface area contributed by atoms with Gasteiger partial charge in [0, 0.05) is 58.4 Å². The number of nitrogens with one attached hydrogen (secondary N) is 3. The Morgan fingerprint density at radius 1 is 0.340 bits per heavy atom. The van der Waals surface area contributed by atoms with Gasteiger partial charge in [-0.15, -0.1) is 15.0 Å². The number of para-hydroxylation sites is 3. The van der Waals surface area contributed by atoms with Crippen LogP contribution < -0.4 is 30.2 Å². The minimum atomic E-state index is 0.0769. The van der Waals surface area contributed by atoms with Crippen LogP contribution in [0.3, 0.4) is 0 Å². The van der Waals surface area contributed by atoms with E-state index in [1.807, 2.05) is 138 Å². The van der Waals surface area contributed by atoms with Crippen molar-refractivity contribution in [2.24, 2.45) is 0 Å². The Labute approximate surface area is 343 Å². The molecule has 5 rings (SSSR count). The standard InChI is InChI=1S/C21H15N3O3.C6H12N6.6C2H6.I2/c1-4-10-16(11-5-1)25-19-22-20(26-17-12-6-2-7-13-17)24-21(23-19)27-18-14-8-3-9-15-18;1-7-4-10-5(8-2)12-6(9-3)11-4;7*1-2/h1-15H;1-3H3,(H3,7,8,9,10,11,12);6*1-2H3;. The van der Waals surface area contributed by atoms with Crippen LogP contribution in [0.15, 0.2) is 91.0 Å². The largest absolute Gasteiger partial charge is 0.424 e. The summed E-state index contributed by atoms with van der Waals surface area (Å²) in [6, 6.07) is 27.9. The SMILES string of the molecule is CC.CC.CC.CC.CC.CC.CNc1nc(NC)nc(NC)n1.II.c1ccc(Oc2nc(Oc3ccccc3)nc(Oc3ccccc3)n2)cc1. The molecule has 2 aromatic heterocycles. The normalized spacial score (nSPS) is 8.09. The molecule has 0 aliphatic rings. The first-order valence-electron chi connectivity index (χ1n) is 18.0. The van der Waals surface area contributed by atoms with Crippen molar-refractivity contribution in [1.29, 1.82) is 0 Å². The van der Waals surface area contributed by atoms with Gasteiger partial charge < -0.3 is 30.2 Å². The van der Waals surface area contributed by atoms with Gasteiger partial charge in [-0.3, -0.25) is 0 Å². The highest BCUT2D eigenvalue weighted by atomic mass is 128. The molecular formula is C39H63I2N9O3. The summed E-state index contributed by atoms with van der Waals surface area (Å²) < 4.78 is 17.1. The molecule has 5 aromatic rings. The molecule has 0 bridgehead atoms. The number of halogens is 2.